The molecule has 0 radical (unpaired) electrons. The molecule has 1 aromatic carbocycles. The van der Waals surface area contributed by atoms with Crippen LogP contribution in [0.4, 0.5) is 4.79 Å². The van der Waals surface area contributed by atoms with E-state index in [1.54, 1.807) is 11.3 Å². The van der Waals surface area contributed by atoms with E-state index in [4.69, 9.17) is 4.74 Å². The lowest BCUT2D eigenvalue weighted by Crippen LogP contribution is -2.60. The maximum atomic E-state index is 13.3. The van der Waals surface area contributed by atoms with Crippen LogP contribution in [0.1, 0.15) is 42.2 Å². The maximum absolute atomic E-state index is 13.3. The van der Waals surface area contributed by atoms with Gasteiger partial charge in [-0.2, -0.15) is 0 Å². The van der Waals surface area contributed by atoms with Gasteiger partial charge in [0, 0.05) is 31.1 Å². The highest BCUT2D eigenvalue weighted by molar-refractivity contribution is 7.10. The van der Waals surface area contributed by atoms with Gasteiger partial charge in [-0.1, -0.05) is 49.2 Å². The second-order valence-corrected chi connectivity index (χ2v) is 9.45. The zero-order valence-electron chi connectivity index (χ0n) is 18.3. The minimum atomic E-state index is -0.841. The molecule has 2 fully saturated rings. The Bertz CT molecular complexity index is 863. The van der Waals surface area contributed by atoms with Crippen LogP contribution in [0.3, 0.4) is 0 Å². The molecule has 2 aliphatic rings. The van der Waals surface area contributed by atoms with Crippen molar-refractivity contribution in [3.8, 4) is 0 Å². The second-order valence-electron chi connectivity index (χ2n) is 8.47. The summed E-state index contributed by atoms with van der Waals surface area (Å²) < 4.78 is 5.51. The molecule has 7 nitrogen and oxygen atoms in total. The number of amides is 3. The van der Waals surface area contributed by atoms with Crippen LogP contribution in [-0.2, 0) is 16.1 Å². The number of nitrogens with zero attached hydrogens (tertiary/aromatic N) is 1. The average Bonchev–Trinajstić information content (AvgIpc) is 3.53. The van der Waals surface area contributed by atoms with Gasteiger partial charge in [0.1, 0.15) is 5.54 Å². The molecule has 8 heteroatoms. The number of hydrogen-bond acceptors (Lipinski definition) is 5. The predicted molar refractivity (Wildman–Crippen MR) is 125 cm³/mol. The minimum absolute atomic E-state index is 0.0836. The highest BCUT2D eigenvalue weighted by Gasteiger charge is 2.42. The van der Waals surface area contributed by atoms with Gasteiger partial charge < -0.3 is 20.7 Å². The monoisotopic (exact) mass is 456 g/mol. The fourth-order valence-corrected chi connectivity index (χ4v) is 5.43. The first kappa shape index (κ1) is 22.8. The summed E-state index contributed by atoms with van der Waals surface area (Å²) in [6, 6.07) is 13.8. The van der Waals surface area contributed by atoms with Crippen molar-refractivity contribution in [1.82, 2.24) is 20.9 Å². The third-order valence-electron chi connectivity index (χ3n) is 6.35. The van der Waals surface area contributed by atoms with E-state index in [9.17, 15) is 9.59 Å². The Kier molecular flexibility index (Phi) is 7.78. The quantitative estimate of drug-likeness (QED) is 0.570. The zero-order valence-corrected chi connectivity index (χ0v) is 19.2. The van der Waals surface area contributed by atoms with Crippen LogP contribution in [0, 0.1) is 0 Å². The molecular weight excluding hydrogens is 424 g/mol. The van der Waals surface area contributed by atoms with Gasteiger partial charge in [0.05, 0.1) is 19.3 Å². The summed E-state index contributed by atoms with van der Waals surface area (Å²) in [5.41, 5.74) is 0.183. The SMILES string of the molecule is O=C(NCc1ccccc1)NC1(C(=O)NC[C@H](c2cccs2)N2CCOCC2)CCCC1. The number of thiophene rings is 1. The Morgan fingerprint density at radius 1 is 1.03 bits per heavy atom. The van der Waals surface area contributed by atoms with Crippen molar-refractivity contribution in [3.63, 3.8) is 0 Å². The van der Waals surface area contributed by atoms with Gasteiger partial charge in [0.15, 0.2) is 0 Å². The Morgan fingerprint density at radius 2 is 1.78 bits per heavy atom. The largest absolute Gasteiger partial charge is 0.379 e. The van der Waals surface area contributed by atoms with Crippen molar-refractivity contribution >= 4 is 23.3 Å². The number of hydrogen-bond donors (Lipinski definition) is 3. The molecule has 1 aromatic heterocycles. The third-order valence-corrected chi connectivity index (χ3v) is 7.33. The molecule has 32 heavy (non-hydrogen) atoms. The number of urea groups is 1. The Hall–Kier alpha value is -2.42. The molecule has 172 valence electrons. The fraction of sp³-hybridized carbons (Fsp3) is 0.500. The molecule has 2 aromatic rings. The summed E-state index contributed by atoms with van der Waals surface area (Å²) in [5, 5.41) is 11.1. The molecule has 0 spiro atoms. The lowest BCUT2D eigenvalue weighted by molar-refractivity contribution is -0.127. The van der Waals surface area contributed by atoms with E-state index < -0.39 is 5.54 Å². The van der Waals surface area contributed by atoms with Crippen molar-refractivity contribution in [1.29, 1.82) is 0 Å². The summed E-state index contributed by atoms with van der Waals surface area (Å²) in [6.07, 6.45) is 3.20. The van der Waals surface area contributed by atoms with Crippen molar-refractivity contribution in [2.24, 2.45) is 0 Å². The Morgan fingerprint density at radius 3 is 2.47 bits per heavy atom. The standard InChI is InChI=1S/C24H32N4O3S/c29-22(25-18-20(21-9-6-16-32-21)28-12-14-31-15-13-28)24(10-4-5-11-24)27-23(30)26-17-19-7-2-1-3-8-19/h1-3,6-9,16,20H,4-5,10-15,17-18H2,(H,25,29)(H2,26,27,30)/t20-/m1/s1. The fourth-order valence-electron chi connectivity index (χ4n) is 4.57. The van der Waals surface area contributed by atoms with E-state index in [1.165, 1.54) is 4.88 Å². The first-order valence-electron chi connectivity index (χ1n) is 11.4. The van der Waals surface area contributed by atoms with Gasteiger partial charge in [0.25, 0.3) is 0 Å². The molecule has 1 aliphatic carbocycles. The van der Waals surface area contributed by atoms with Crippen LogP contribution >= 0.6 is 11.3 Å². The van der Waals surface area contributed by atoms with Gasteiger partial charge >= 0.3 is 6.03 Å². The molecule has 4 rings (SSSR count). The Labute approximate surface area is 193 Å². The van der Waals surface area contributed by atoms with Crippen molar-refractivity contribution in [2.75, 3.05) is 32.8 Å². The van der Waals surface area contributed by atoms with Gasteiger partial charge in [-0.3, -0.25) is 9.69 Å². The Balaban J connectivity index is 1.37. The van der Waals surface area contributed by atoms with Gasteiger partial charge in [-0.05, 0) is 29.9 Å². The topological polar surface area (TPSA) is 82.7 Å². The molecule has 2 heterocycles. The molecule has 1 aliphatic heterocycles. The third kappa shape index (κ3) is 5.68. The molecule has 3 amide bonds. The van der Waals surface area contributed by atoms with Crippen LogP contribution in [-0.4, -0.2) is 55.2 Å². The summed E-state index contributed by atoms with van der Waals surface area (Å²) in [4.78, 5) is 29.6. The van der Waals surface area contributed by atoms with E-state index in [0.29, 0.717) is 39.1 Å². The highest BCUT2D eigenvalue weighted by Crippen LogP contribution is 2.31. The summed E-state index contributed by atoms with van der Waals surface area (Å²) in [6.45, 7) is 4.08. The molecule has 1 saturated carbocycles. The van der Waals surface area contributed by atoms with Crippen LogP contribution < -0.4 is 16.0 Å². The van der Waals surface area contributed by atoms with Crippen LogP contribution in [0.15, 0.2) is 47.8 Å². The highest BCUT2D eigenvalue weighted by atomic mass is 32.1. The number of carbonyl (C=O) groups is 2. The maximum Gasteiger partial charge on any atom is 0.315 e. The van der Waals surface area contributed by atoms with E-state index in [2.05, 4.69) is 32.3 Å². The first-order valence-corrected chi connectivity index (χ1v) is 12.3. The van der Waals surface area contributed by atoms with Crippen LogP contribution in [0.5, 0.6) is 0 Å². The second kappa shape index (κ2) is 10.9. The van der Waals surface area contributed by atoms with Gasteiger partial charge in [0.2, 0.25) is 5.91 Å². The van der Waals surface area contributed by atoms with E-state index >= 15 is 0 Å². The molecular formula is C24H32N4O3S. The summed E-state index contributed by atoms with van der Waals surface area (Å²) in [7, 11) is 0. The van der Waals surface area contributed by atoms with Crippen molar-refractivity contribution < 1.29 is 14.3 Å². The molecule has 0 bridgehead atoms. The number of morpholine rings is 1. The summed E-state index contributed by atoms with van der Waals surface area (Å²) in [5.74, 6) is -0.0836. The average molecular weight is 457 g/mol. The number of carbonyl (C=O) groups excluding carboxylic acids is 2. The van der Waals surface area contributed by atoms with E-state index in [0.717, 1.165) is 31.5 Å². The molecule has 1 atom stereocenters. The number of nitrogens with one attached hydrogen (secondary N) is 3. The number of rotatable bonds is 8. The lowest BCUT2D eigenvalue weighted by Gasteiger charge is -2.35. The zero-order chi connectivity index (χ0) is 22.2. The number of ether oxygens (including phenoxy) is 1. The minimum Gasteiger partial charge on any atom is -0.379 e. The van der Waals surface area contributed by atoms with Gasteiger partial charge in [-0.15, -0.1) is 11.3 Å². The first-order chi connectivity index (χ1) is 15.7. The summed E-state index contributed by atoms with van der Waals surface area (Å²) >= 11 is 1.71. The van der Waals surface area contributed by atoms with E-state index in [1.807, 2.05) is 36.4 Å². The van der Waals surface area contributed by atoms with Crippen LogP contribution in [0.25, 0.3) is 0 Å². The van der Waals surface area contributed by atoms with Crippen LogP contribution in [0.2, 0.25) is 0 Å². The van der Waals surface area contributed by atoms with Crippen molar-refractivity contribution in [2.45, 2.75) is 43.8 Å². The van der Waals surface area contributed by atoms with Crippen molar-refractivity contribution in [3.05, 3.63) is 58.3 Å². The number of benzene rings is 1. The van der Waals surface area contributed by atoms with E-state index in [-0.39, 0.29) is 18.0 Å². The molecule has 0 unspecified atom stereocenters. The molecule has 3 N–H and O–H groups in total. The van der Waals surface area contributed by atoms with Gasteiger partial charge in [-0.25, -0.2) is 4.79 Å². The normalized spacial score (nSPS) is 19.2. The predicted octanol–water partition coefficient (Wildman–Crippen LogP) is 3.05. The molecule has 1 saturated heterocycles. The lowest BCUT2D eigenvalue weighted by atomic mass is 9.96. The smallest absolute Gasteiger partial charge is 0.315 e.